The van der Waals surface area contributed by atoms with Crippen molar-refractivity contribution in [2.24, 2.45) is 0 Å². The lowest BCUT2D eigenvalue weighted by atomic mass is 9.99. The van der Waals surface area contributed by atoms with Gasteiger partial charge in [0, 0.05) is 34.8 Å². The van der Waals surface area contributed by atoms with Crippen LogP contribution < -0.4 is 5.32 Å². The molecule has 0 atom stereocenters. The number of nitrogens with zero attached hydrogens (tertiary/aromatic N) is 1. The Morgan fingerprint density at radius 3 is 2.52 bits per heavy atom. The summed E-state index contributed by atoms with van der Waals surface area (Å²) in [5, 5.41) is 6.04. The van der Waals surface area contributed by atoms with Crippen LogP contribution in [-0.2, 0) is 0 Å². The minimum Gasteiger partial charge on any atom is -0.371 e. The van der Waals surface area contributed by atoms with Crippen molar-refractivity contribution in [1.82, 2.24) is 9.55 Å². The van der Waals surface area contributed by atoms with Gasteiger partial charge in [0.1, 0.15) is 5.82 Å². The number of rotatable bonds is 7. The van der Waals surface area contributed by atoms with E-state index in [1.54, 1.807) is 0 Å². The van der Waals surface area contributed by atoms with Crippen molar-refractivity contribution in [3.05, 3.63) is 103 Å². The zero-order valence-corrected chi connectivity index (χ0v) is 17.9. The van der Waals surface area contributed by atoms with Gasteiger partial charge < -0.3 is 14.9 Å². The normalized spacial score (nSPS) is 11.3. The van der Waals surface area contributed by atoms with Crippen molar-refractivity contribution in [3.8, 4) is 5.69 Å². The maximum atomic E-state index is 4.45. The number of aromatic amines is 1. The Morgan fingerprint density at radius 2 is 1.68 bits per heavy atom. The fourth-order valence-electron chi connectivity index (χ4n) is 4.33. The van der Waals surface area contributed by atoms with Crippen molar-refractivity contribution >= 4 is 33.2 Å². The summed E-state index contributed by atoms with van der Waals surface area (Å²) in [5.41, 5.74) is 6.85. The molecule has 0 radical (unpaired) electrons. The van der Waals surface area contributed by atoms with Crippen molar-refractivity contribution < 1.29 is 0 Å². The van der Waals surface area contributed by atoms with Crippen LogP contribution in [0.25, 0.3) is 33.1 Å². The van der Waals surface area contributed by atoms with E-state index in [0.717, 1.165) is 35.5 Å². The molecule has 0 aliphatic heterocycles. The standard InChI is InChI=1S/C28H27N3/c1-3-4-17-29-28-23(16-18-30-28)20(2)21-14-15-25-24-12-8-9-13-26(24)31(27(25)19-21)22-10-6-5-7-11-22/h5-16,18-19,29-30H,2-4,17H2,1H3. The van der Waals surface area contributed by atoms with E-state index in [0.29, 0.717) is 0 Å². The maximum Gasteiger partial charge on any atom is 0.111 e. The van der Waals surface area contributed by atoms with Crippen LogP contribution in [0.5, 0.6) is 0 Å². The molecule has 0 aliphatic carbocycles. The monoisotopic (exact) mass is 405 g/mol. The van der Waals surface area contributed by atoms with Gasteiger partial charge in [0.2, 0.25) is 0 Å². The van der Waals surface area contributed by atoms with Gasteiger partial charge in [0.25, 0.3) is 0 Å². The zero-order valence-electron chi connectivity index (χ0n) is 17.9. The molecule has 5 aromatic rings. The first-order chi connectivity index (χ1) is 15.3. The number of hydrogen-bond donors (Lipinski definition) is 2. The molecule has 5 rings (SSSR count). The number of fused-ring (bicyclic) bond motifs is 3. The molecule has 3 heteroatoms. The third-order valence-corrected chi connectivity index (χ3v) is 5.94. The highest BCUT2D eigenvalue weighted by atomic mass is 15.0. The Kier molecular flexibility index (Phi) is 5.09. The quantitative estimate of drug-likeness (QED) is 0.272. The predicted molar refractivity (Wildman–Crippen MR) is 133 cm³/mol. The maximum absolute atomic E-state index is 4.45. The predicted octanol–water partition coefficient (Wildman–Crippen LogP) is 7.39. The molecule has 3 aromatic carbocycles. The van der Waals surface area contributed by atoms with Gasteiger partial charge in [-0.25, -0.2) is 0 Å². The van der Waals surface area contributed by atoms with E-state index >= 15 is 0 Å². The first kappa shape index (κ1) is 19.3. The molecule has 0 bridgehead atoms. The van der Waals surface area contributed by atoms with Gasteiger partial charge in [-0.3, -0.25) is 0 Å². The molecule has 0 aliphatic rings. The van der Waals surface area contributed by atoms with E-state index in [4.69, 9.17) is 0 Å². The van der Waals surface area contributed by atoms with E-state index < -0.39 is 0 Å². The molecule has 0 saturated heterocycles. The second-order valence-electron chi connectivity index (χ2n) is 7.95. The molecule has 2 N–H and O–H groups in total. The second-order valence-corrected chi connectivity index (χ2v) is 7.95. The molecule has 0 spiro atoms. The van der Waals surface area contributed by atoms with Crippen LogP contribution >= 0.6 is 0 Å². The fraction of sp³-hybridized carbons (Fsp3) is 0.143. The van der Waals surface area contributed by atoms with Crippen LogP contribution in [-0.4, -0.2) is 16.1 Å². The number of unbranched alkanes of at least 4 members (excludes halogenated alkanes) is 1. The minimum absolute atomic E-state index is 0.957. The van der Waals surface area contributed by atoms with Crippen LogP contribution in [0.3, 0.4) is 0 Å². The van der Waals surface area contributed by atoms with E-state index in [1.165, 1.54) is 33.9 Å². The van der Waals surface area contributed by atoms with Gasteiger partial charge in [-0.05, 0) is 47.9 Å². The lowest BCUT2D eigenvalue weighted by Gasteiger charge is -2.12. The lowest BCUT2D eigenvalue weighted by Crippen LogP contribution is -2.03. The van der Waals surface area contributed by atoms with E-state index in [2.05, 4.69) is 107 Å². The zero-order chi connectivity index (χ0) is 21.2. The molecule has 0 amide bonds. The molecular formula is C28H27N3. The number of para-hydroxylation sites is 2. The second kappa shape index (κ2) is 8.19. The molecule has 3 nitrogen and oxygen atoms in total. The smallest absolute Gasteiger partial charge is 0.111 e. The van der Waals surface area contributed by atoms with Crippen molar-refractivity contribution in [1.29, 1.82) is 0 Å². The SMILES string of the molecule is C=C(c1ccc2c3ccccc3n(-c3ccccc3)c2c1)c1cc[nH]c1NCCCC. The number of nitrogens with one attached hydrogen (secondary N) is 2. The Balaban J connectivity index is 1.63. The number of H-pyrrole nitrogens is 1. The van der Waals surface area contributed by atoms with Crippen LogP contribution in [0.15, 0.2) is 91.6 Å². The molecule has 0 fully saturated rings. The number of aromatic nitrogens is 2. The van der Waals surface area contributed by atoms with Crippen molar-refractivity contribution in [3.63, 3.8) is 0 Å². The Hall–Kier alpha value is -3.72. The third-order valence-electron chi connectivity index (χ3n) is 5.94. The fourth-order valence-corrected chi connectivity index (χ4v) is 4.33. The molecule has 0 unspecified atom stereocenters. The van der Waals surface area contributed by atoms with Crippen LogP contribution in [0.1, 0.15) is 30.9 Å². The summed E-state index contributed by atoms with van der Waals surface area (Å²) < 4.78 is 2.35. The van der Waals surface area contributed by atoms with Crippen LogP contribution in [0.4, 0.5) is 5.82 Å². The summed E-state index contributed by atoms with van der Waals surface area (Å²) in [5.74, 6) is 1.04. The highest BCUT2D eigenvalue weighted by Crippen LogP contribution is 2.35. The highest BCUT2D eigenvalue weighted by Gasteiger charge is 2.15. The molecule has 31 heavy (non-hydrogen) atoms. The van der Waals surface area contributed by atoms with E-state index in [1.807, 2.05) is 6.20 Å². The number of hydrogen-bond acceptors (Lipinski definition) is 1. The average Bonchev–Trinajstić information content (AvgIpc) is 3.41. The minimum atomic E-state index is 0.957. The average molecular weight is 406 g/mol. The van der Waals surface area contributed by atoms with Crippen molar-refractivity contribution in [2.45, 2.75) is 19.8 Å². The number of anilines is 1. The first-order valence-electron chi connectivity index (χ1n) is 11.0. The molecule has 2 heterocycles. The van der Waals surface area contributed by atoms with Gasteiger partial charge in [0.05, 0.1) is 11.0 Å². The Morgan fingerprint density at radius 1 is 0.903 bits per heavy atom. The summed E-state index contributed by atoms with van der Waals surface area (Å²) in [7, 11) is 0. The summed E-state index contributed by atoms with van der Waals surface area (Å²) in [4.78, 5) is 3.33. The summed E-state index contributed by atoms with van der Waals surface area (Å²) in [6.45, 7) is 7.61. The largest absolute Gasteiger partial charge is 0.371 e. The Labute approximate surface area is 183 Å². The van der Waals surface area contributed by atoms with Crippen LogP contribution in [0.2, 0.25) is 0 Å². The van der Waals surface area contributed by atoms with Gasteiger partial charge in [-0.15, -0.1) is 0 Å². The first-order valence-corrected chi connectivity index (χ1v) is 11.0. The third kappa shape index (κ3) is 3.42. The van der Waals surface area contributed by atoms with Crippen molar-refractivity contribution in [2.75, 3.05) is 11.9 Å². The summed E-state index contributed by atoms with van der Waals surface area (Å²) in [6, 6.07) is 28.0. The van der Waals surface area contributed by atoms with E-state index in [9.17, 15) is 0 Å². The molecular weight excluding hydrogens is 378 g/mol. The Bertz CT molecular complexity index is 1360. The lowest BCUT2D eigenvalue weighted by molar-refractivity contribution is 0.831. The number of benzene rings is 3. The summed E-state index contributed by atoms with van der Waals surface area (Å²) >= 11 is 0. The highest BCUT2D eigenvalue weighted by molar-refractivity contribution is 6.10. The summed E-state index contributed by atoms with van der Waals surface area (Å²) in [6.07, 6.45) is 4.30. The van der Waals surface area contributed by atoms with Crippen LogP contribution in [0, 0.1) is 0 Å². The topological polar surface area (TPSA) is 32.8 Å². The van der Waals surface area contributed by atoms with Gasteiger partial charge in [-0.2, -0.15) is 0 Å². The molecule has 154 valence electrons. The molecule has 2 aromatic heterocycles. The molecule has 0 saturated carbocycles. The van der Waals surface area contributed by atoms with Gasteiger partial charge in [-0.1, -0.05) is 68.5 Å². The van der Waals surface area contributed by atoms with Gasteiger partial charge >= 0.3 is 0 Å². The van der Waals surface area contributed by atoms with E-state index in [-0.39, 0.29) is 0 Å². The van der Waals surface area contributed by atoms with Gasteiger partial charge in [0.15, 0.2) is 0 Å².